The van der Waals surface area contributed by atoms with Crippen LogP contribution >= 0.6 is 11.8 Å². The van der Waals surface area contributed by atoms with Gasteiger partial charge in [-0.25, -0.2) is 0 Å². The van der Waals surface area contributed by atoms with Crippen LogP contribution in [0.3, 0.4) is 0 Å². The normalized spacial score (nSPS) is 19.2. The van der Waals surface area contributed by atoms with Gasteiger partial charge in [0.25, 0.3) is 0 Å². The van der Waals surface area contributed by atoms with Crippen molar-refractivity contribution in [2.75, 3.05) is 12.3 Å². The maximum Gasteiger partial charge on any atom is 0.117 e. The lowest BCUT2D eigenvalue weighted by Gasteiger charge is -2.18. The van der Waals surface area contributed by atoms with Crippen LogP contribution in [0.15, 0.2) is 35.3 Å². The third-order valence-corrected chi connectivity index (χ3v) is 3.63. The Kier molecular flexibility index (Phi) is 3.98. The standard InChI is InChI=1S/C12H16N2OS/c13-10(8-9-4-2-1-3-5-9)11(15)12-14-6-7-16-12/h1-5,10-11,15H,6-8,13H2. The van der Waals surface area contributed by atoms with Crippen LogP contribution in [-0.2, 0) is 6.42 Å². The molecule has 3 nitrogen and oxygen atoms in total. The summed E-state index contributed by atoms with van der Waals surface area (Å²) in [6.45, 7) is 0.801. The fraction of sp³-hybridized carbons (Fsp3) is 0.417. The molecule has 0 radical (unpaired) electrons. The van der Waals surface area contributed by atoms with E-state index in [4.69, 9.17) is 5.73 Å². The highest BCUT2D eigenvalue weighted by Crippen LogP contribution is 2.17. The van der Waals surface area contributed by atoms with Gasteiger partial charge in [0.05, 0.1) is 5.04 Å². The summed E-state index contributed by atoms with van der Waals surface area (Å²) in [4.78, 5) is 4.25. The van der Waals surface area contributed by atoms with Crippen molar-refractivity contribution in [2.45, 2.75) is 18.6 Å². The quantitative estimate of drug-likeness (QED) is 0.822. The van der Waals surface area contributed by atoms with Crippen LogP contribution in [0.1, 0.15) is 5.56 Å². The Hall–Kier alpha value is -0.840. The Balaban J connectivity index is 1.95. The predicted octanol–water partition coefficient (Wildman–Crippen LogP) is 1.06. The Labute approximate surface area is 99.8 Å². The van der Waals surface area contributed by atoms with Crippen molar-refractivity contribution in [3.05, 3.63) is 35.9 Å². The maximum atomic E-state index is 10.0. The minimum atomic E-state index is -0.618. The second-order valence-corrected chi connectivity index (χ2v) is 4.98. The van der Waals surface area contributed by atoms with Gasteiger partial charge in [0.2, 0.25) is 0 Å². The lowest BCUT2D eigenvalue weighted by atomic mass is 10.0. The summed E-state index contributed by atoms with van der Waals surface area (Å²) in [7, 11) is 0. The molecular weight excluding hydrogens is 220 g/mol. The topological polar surface area (TPSA) is 58.6 Å². The van der Waals surface area contributed by atoms with Gasteiger partial charge in [-0.3, -0.25) is 4.99 Å². The Morgan fingerprint density at radius 1 is 1.38 bits per heavy atom. The average Bonchev–Trinajstić information content (AvgIpc) is 2.83. The highest BCUT2D eigenvalue weighted by molar-refractivity contribution is 8.14. The molecule has 0 amide bonds. The molecule has 1 heterocycles. The predicted molar refractivity (Wildman–Crippen MR) is 68.9 cm³/mol. The number of aliphatic imine (C=N–C) groups is 1. The van der Waals surface area contributed by atoms with E-state index < -0.39 is 6.10 Å². The van der Waals surface area contributed by atoms with E-state index in [0.29, 0.717) is 6.42 Å². The number of nitrogens with two attached hydrogens (primary N) is 1. The van der Waals surface area contributed by atoms with Crippen LogP contribution in [0.4, 0.5) is 0 Å². The molecule has 0 aliphatic carbocycles. The van der Waals surface area contributed by atoms with Gasteiger partial charge in [-0.1, -0.05) is 30.3 Å². The van der Waals surface area contributed by atoms with E-state index in [1.165, 1.54) is 0 Å². The van der Waals surface area contributed by atoms with Crippen molar-refractivity contribution in [3.8, 4) is 0 Å². The van der Waals surface area contributed by atoms with Gasteiger partial charge in [-0.05, 0) is 12.0 Å². The smallest absolute Gasteiger partial charge is 0.117 e. The fourth-order valence-corrected chi connectivity index (χ4v) is 2.63. The molecule has 16 heavy (non-hydrogen) atoms. The van der Waals surface area contributed by atoms with Crippen LogP contribution in [0.25, 0.3) is 0 Å². The van der Waals surface area contributed by atoms with E-state index in [2.05, 4.69) is 4.99 Å². The van der Waals surface area contributed by atoms with Crippen LogP contribution in [-0.4, -0.2) is 34.6 Å². The molecule has 0 saturated heterocycles. The molecule has 0 spiro atoms. The molecule has 1 aromatic rings. The molecule has 1 aliphatic rings. The van der Waals surface area contributed by atoms with Crippen LogP contribution in [0.5, 0.6) is 0 Å². The summed E-state index contributed by atoms with van der Waals surface area (Å²) in [5.41, 5.74) is 7.14. The monoisotopic (exact) mass is 236 g/mol. The van der Waals surface area contributed by atoms with Gasteiger partial charge >= 0.3 is 0 Å². The molecule has 0 fully saturated rings. The third-order valence-electron chi connectivity index (χ3n) is 2.58. The lowest BCUT2D eigenvalue weighted by molar-refractivity contribution is 0.211. The van der Waals surface area contributed by atoms with Crippen LogP contribution < -0.4 is 5.73 Å². The van der Waals surface area contributed by atoms with E-state index in [1.54, 1.807) is 11.8 Å². The van der Waals surface area contributed by atoms with Crippen molar-refractivity contribution in [2.24, 2.45) is 10.7 Å². The van der Waals surface area contributed by atoms with Crippen molar-refractivity contribution >= 4 is 16.8 Å². The summed E-state index contributed by atoms with van der Waals surface area (Å²) < 4.78 is 0. The minimum Gasteiger partial charge on any atom is -0.385 e. The van der Waals surface area contributed by atoms with E-state index in [0.717, 1.165) is 22.9 Å². The molecule has 86 valence electrons. The minimum absolute atomic E-state index is 0.272. The van der Waals surface area contributed by atoms with Crippen LogP contribution in [0.2, 0.25) is 0 Å². The van der Waals surface area contributed by atoms with Gasteiger partial charge in [0, 0.05) is 18.3 Å². The number of aliphatic hydroxyl groups is 1. The number of aliphatic hydroxyl groups excluding tert-OH is 1. The van der Waals surface area contributed by atoms with Gasteiger partial charge < -0.3 is 10.8 Å². The summed E-state index contributed by atoms with van der Waals surface area (Å²) >= 11 is 1.61. The van der Waals surface area contributed by atoms with Crippen LogP contribution in [0, 0.1) is 0 Å². The van der Waals surface area contributed by atoms with E-state index in [1.807, 2.05) is 30.3 Å². The first-order valence-electron chi connectivity index (χ1n) is 5.42. The largest absolute Gasteiger partial charge is 0.385 e. The molecule has 2 atom stereocenters. The first kappa shape index (κ1) is 11.6. The molecule has 2 rings (SSSR count). The van der Waals surface area contributed by atoms with Gasteiger partial charge in [-0.2, -0.15) is 0 Å². The molecule has 2 unspecified atom stereocenters. The maximum absolute atomic E-state index is 10.0. The molecule has 0 aromatic heterocycles. The fourth-order valence-electron chi connectivity index (χ4n) is 1.71. The second-order valence-electron chi connectivity index (χ2n) is 3.87. The van der Waals surface area contributed by atoms with E-state index in [9.17, 15) is 5.11 Å². The third kappa shape index (κ3) is 2.84. The highest BCUT2D eigenvalue weighted by Gasteiger charge is 2.23. The number of hydrogen-bond acceptors (Lipinski definition) is 4. The molecule has 0 saturated carbocycles. The van der Waals surface area contributed by atoms with Gasteiger partial charge in [-0.15, -0.1) is 11.8 Å². The molecule has 1 aromatic carbocycles. The average molecular weight is 236 g/mol. The lowest BCUT2D eigenvalue weighted by Crippen LogP contribution is -2.40. The molecule has 4 heteroatoms. The van der Waals surface area contributed by atoms with Crippen molar-refractivity contribution in [3.63, 3.8) is 0 Å². The first-order chi connectivity index (χ1) is 7.77. The van der Waals surface area contributed by atoms with Gasteiger partial charge in [0.1, 0.15) is 6.10 Å². The SMILES string of the molecule is NC(Cc1ccccc1)C(O)C1=NCCS1. The second kappa shape index (κ2) is 5.48. The summed E-state index contributed by atoms with van der Waals surface area (Å²) in [5, 5.41) is 10.8. The Morgan fingerprint density at radius 3 is 2.75 bits per heavy atom. The number of rotatable bonds is 4. The summed E-state index contributed by atoms with van der Waals surface area (Å²) in [6.07, 6.45) is 0.0643. The Bertz CT molecular complexity index is 367. The summed E-state index contributed by atoms with van der Waals surface area (Å²) in [5.74, 6) is 0.963. The van der Waals surface area contributed by atoms with E-state index in [-0.39, 0.29) is 6.04 Å². The number of nitrogens with zero attached hydrogens (tertiary/aromatic N) is 1. The number of hydrogen-bond donors (Lipinski definition) is 2. The van der Waals surface area contributed by atoms with E-state index >= 15 is 0 Å². The van der Waals surface area contributed by atoms with Gasteiger partial charge in [0.15, 0.2) is 0 Å². The van der Waals surface area contributed by atoms with Crippen molar-refractivity contribution in [1.29, 1.82) is 0 Å². The molecule has 1 aliphatic heterocycles. The molecule has 3 N–H and O–H groups in total. The first-order valence-corrected chi connectivity index (χ1v) is 6.40. The number of benzene rings is 1. The molecule has 0 bridgehead atoms. The summed E-state index contributed by atoms with van der Waals surface area (Å²) in [6, 6.07) is 9.72. The zero-order valence-corrected chi connectivity index (χ0v) is 9.86. The zero-order valence-electron chi connectivity index (χ0n) is 9.04. The Morgan fingerprint density at radius 2 is 2.12 bits per heavy atom. The highest BCUT2D eigenvalue weighted by atomic mass is 32.2. The van der Waals surface area contributed by atoms with Crippen molar-refractivity contribution in [1.82, 2.24) is 0 Å². The molecular formula is C12H16N2OS. The number of thioether (sulfide) groups is 1. The zero-order chi connectivity index (χ0) is 11.4. The van der Waals surface area contributed by atoms with Crippen molar-refractivity contribution < 1.29 is 5.11 Å².